The van der Waals surface area contributed by atoms with Crippen molar-refractivity contribution in [1.29, 1.82) is 0 Å². The van der Waals surface area contributed by atoms with Gasteiger partial charge >= 0.3 is 0 Å². The minimum absolute atomic E-state index is 0.186. The summed E-state index contributed by atoms with van der Waals surface area (Å²) in [6.07, 6.45) is 0. The van der Waals surface area contributed by atoms with E-state index in [-0.39, 0.29) is 5.75 Å². The van der Waals surface area contributed by atoms with Gasteiger partial charge in [0.25, 0.3) is 0 Å². The van der Waals surface area contributed by atoms with Crippen molar-refractivity contribution in [2.75, 3.05) is 7.11 Å². The van der Waals surface area contributed by atoms with Gasteiger partial charge in [-0.15, -0.1) is 0 Å². The average Bonchev–Trinajstić information content (AvgIpc) is 2.27. The molecule has 0 amide bonds. The fourth-order valence-electron chi connectivity index (χ4n) is 1.65. The molecule has 0 saturated heterocycles. The fraction of sp³-hybridized carbons (Fsp3) is 0.0769. The highest BCUT2D eigenvalue weighted by molar-refractivity contribution is 6.35. The van der Waals surface area contributed by atoms with Crippen LogP contribution in [0.4, 0.5) is 4.39 Å². The predicted molar refractivity (Wildman–Crippen MR) is 68.4 cm³/mol. The van der Waals surface area contributed by atoms with E-state index in [9.17, 15) is 4.39 Å². The monoisotopic (exact) mass is 270 g/mol. The predicted octanol–water partition coefficient (Wildman–Crippen LogP) is 4.81. The zero-order valence-corrected chi connectivity index (χ0v) is 10.5. The Morgan fingerprint density at radius 1 is 1.06 bits per heavy atom. The van der Waals surface area contributed by atoms with Gasteiger partial charge in [-0.2, -0.15) is 0 Å². The molecule has 2 aromatic carbocycles. The molecule has 0 aliphatic carbocycles. The Kier molecular flexibility index (Phi) is 3.55. The minimum Gasteiger partial charge on any atom is -0.493 e. The summed E-state index contributed by atoms with van der Waals surface area (Å²) in [7, 11) is 1.42. The van der Waals surface area contributed by atoms with E-state index in [0.29, 0.717) is 15.6 Å². The van der Waals surface area contributed by atoms with Crippen molar-refractivity contribution >= 4 is 23.2 Å². The van der Waals surface area contributed by atoms with E-state index in [0.717, 1.165) is 5.56 Å². The van der Waals surface area contributed by atoms with Crippen molar-refractivity contribution in [3.05, 3.63) is 52.3 Å². The lowest BCUT2D eigenvalue weighted by Gasteiger charge is -2.10. The molecule has 0 aliphatic rings. The Morgan fingerprint density at radius 3 is 2.29 bits per heavy atom. The van der Waals surface area contributed by atoms with Crippen LogP contribution in [-0.4, -0.2) is 7.11 Å². The highest BCUT2D eigenvalue weighted by Gasteiger charge is 2.11. The molecule has 0 fully saturated rings. The average molecular weight is 271 g/mol. The van der Waals surface area contributed by atoms with E-state index in [1.165, 1.54) is 13.2 Å². The third kappa shape index (κ3) is 2.54. The topological polar surface area (TPSA) is 9.23 Å². The molecule has 88 valence electrons. The number of halogens is 3. The fourth-order valence-corrected chi connectivity index (χ4v) is 2.18. The summed E-state index contributed by atoms with van der Waals surface area (Å²) in [6, 6.07) is 9.76. The first-order chi connectivity index (χ1) is 8.11. The second-order valence-electron chi connectivity index (χ2n) is 3.48. The van der Waals surface area contributed by atoms with Gasteiger partial charge in [-0.1, -0.05) is 35.3 Å². The second kappa shape index (κ2) is 4.94. The van der Waals surface area contributed by atoms with E-state index in [4.69, 9.17) is 27.9 Å². The van der Waals surface area contributed by atoms with Crippen LogP contribution in [0, 0.1) is 5.82 Å². The van der Waals surface area contributed by atoms with E-state index in [2.05, 4.69) is 0 Å². The zero-order valence-electron chi connectivity index (χ0n) is 9.01. The smallest absolute Gasteiger partial charge is 0.165 e. The Morgan fingerprint density at radius 2 is 1.71 bits per heavy atom. The van der Waals surface area contributed by atoms with E-state index in [1.807, 2.05) is 0 Å². The number of ether oxygens (including phenoxy) is 1. The van der Waals surface area contributed by atoms with Crippen LogP contribution in [0.5, 0.6) is 5.75 Å². The minimum atomic E-state index is -0.416. The molecule has 1 nitrogen and oxygen atoms in total. The van der Waals surface area contributed by atoms with Gasteiger partial charge in [-0.3, -0.25) is 0 Å². The van der Waals surface area contributed by atoms with Crippen molar-refractivity contribution in [3.63, 3.8) is 0 Å². The molecular formula is C13H9Cl2FO. The van der Waals surface area contributed by atoms with Crippen LogP contribution in [0.1, 0.15) is 0 Å². The first-order valence-corrected chi connectivity index (χ1v) is 5.66. The number of benzene rings is 2. The first-order valence-electron chi connectivity index (χ1n) is 4.91. The van der Waals surface area contributed by atoms with Crippen molar-refractivity contribution < 1.29 is 9.13 Å². The standard InChI is InChI=1S/C13H9Cl2FO/c1-17-13-11(3-2-4-12(13)16)8-5-9(14)7-10(15)6-8/h2-7H,1H3. The van der Waals surface area contributed by atoms with Crippen LogP contribution in [-0.2, 0) is 0 Å². The summed E-state index contributed by atoms with van der Waals surface area (Å²) < 4.78 is 18.6. The van der Waals surface area contributed by atoms with Gasteiger partial charge in [0, 0.05) is 15.6 Å². The highest BCUT2D eigenvalue weighted by atomic mass is 35.5. The number of methoxy groups -OCH3 is 1. The van der Waals surface area contributed by atoms with Gasteiger partial charge in [0.05, 0.1) is 7.11 Å². The summed E-state index contributed by atoms with van der Waals surface area (Å²) >= 11 is 11.8. The van der Waals surface area contributed by atoms with Crippen molar-refractivity contribution in [2.24, 2.45) is 0 Å². The Hall–Kier alpha value is -1.25. The number of hydrogen-bond donors (Lipinski definition) is 0. The lowest BCUT2D eigenvalue weighted by Crippen LogP contribution is -1.91. The van der Waals surface area contributed by atoms with Crippen molar-refractivity contribution in [2.45, 2.75) is 0 Å². The molecular weight excluding hydrogens is 262 g/mol. The Balaban J connectivity index is 2.63. The lowest BCUT2D eigenvalue weighted by molar-refractivity contribution is 0.388. The van der Waals surface area contributed by atoms with E-state index in [1.54, 1.807) is 30.3 Å². The molecule has 0 spiro atoms. The van der Waals surface area contributed by atoms with Crippen molar-refractivity contribution in [1.82, 2.24) is 0 Å². The molecule has 0 aliphatic heterocycles. The first kappa shape index (κ1) is 12.2. The molecule has 0 bridgehead atoms. The SMILES string of the molecule is COc1c(F)cccc1-c1cc(Cl)cc(Cl)c1. The molecule has 0 atom stereocenters. The van der Waals surface area contributed by atoms with Crippen molar-refractivity contribution in [3.8, 4) is 16.9 Å². The second-order valence-corrected chi connectivity index (χ2v) is 4.35. The normalized spacial score (nSPS) is 10.4. The summed E-state index contributed by atoms with van der Waals surface area (Å²) in [5.41, 5.74) is 1.34. The molecule has 4 heteroatoms. The number of hydrogen-bond acceptors (Lipinski definition) is 1. The molecule has 17 heavy (non-hydrogen) atoms. The molecule has 2 rings (SSSR count). The molecule has 0 aromatic heterocycles. The van der Waals surface area contributed by atoms with Crippen LogP contribution in [0.15, 0.2) is 36.4 Å². The van der Waals surface area contributed by atoms with Crippen LogP contribution in [0.3, 0.4) is 0 Å². The van der Waals surface area contributed by atoms with Gasteiger partial charge in [-0.25, -0.2) is 4.39 Å². The highest BCUT2D eigenvalue weighted by Crippen LogP contribution is 2.34. The molecule has 0 saturated carbocycles. The van der Waals surface area contributed by atoms with Crippen LogP contribution in [0.2, 0.25) is 10.0 Å². The molecule has 0 heterocycles. The van der Waals surface area contributed by atoms with Gasteiger partial charge in [-0.05, 0) is 29.8 Å². The van der Waals surface area contributed by atoms with Gasteiger partial charge in [0.2, 0.25) is 0 Å². The zero-order chi connectivity index (χ0) is 12.4. The van der Waals surface area contributed by atoms with Crippen LogP contribution in [0.25, 0.3) is 11.1 Å². The Bertz CT molecular complexity index is 535. The summed E-state index contributed by atoms with van der Waals surface area (Å²) in [6.45, 7) is 0. The third-order valence-electron chi connectivity index (χ3n) is 2.34. The van der Waals surface area contributed by atoms with Crippen LogP contribution >= 0.6 is 23.2 Å². The quantitative estimate of drug-likeness (QED) is 0.761. The largest absolute Gasteiger partial charge is 0.493 e. The van der Waals surface area contributed by atoms with Gasteiger partial charge in [0.1, 0.15) is 0 Å². The maximum absolute atomic E-state index is 13.5. The van der Waals surface area contributed by atoms with Gasteiger partial charge < -0.3 is 4.74 Å². The summed E-state index contributed by atoms with van der Waals surface area (Å²) in [5.74, 6) is -0.230. The Labute approximate surface area is 109 Å². The number of para-hydroxylation sites is 1. The maximum atomic E-state index is 13.5. The van der Waals surface area contributed by atoms with Gasteiger partial charge in [0.15, 0.2) is 11.6 Å². The lowest BCUT2D eigenvalue weighted by atomic mass is 10.0. The molecule has 0 N–H and O–H groups in total. The summed E-state index contributed by atoms with van der Waals surface area (Å²) in [4.78, 5) is 0. The van der Waals surface area contributed by atoms with E-state index < -0.39 is 5.82 Å². The molecule has 2 aromatic rings. The molecule has 0 radical (unpaired) electrons. The van der Waals surface area contributed by atoms with Crippen LogP contribution < -0.4 is 4.74 Å². The molecule has 0 unspecified atom stereocenters. The maximum Gasteiger partial charge on any atom is 0.165 e. The third-order valence-corrected chi connectivity index (χ3v) is 2.78. The number of rotatable bonds is 2. The summed E-state index contributed by atoms with van der Waals surface area (Å²) in [5, 5.41) is 0.998. The van der Waals surface area contributed by atoms with E-state index >= 15 is 0 Å².